The zero-order chi connectivity index (χ0) is 26.9. The Kier molecular flexibility index (Phi) is 9.13. The molecule has 1 heterocycles. The highest BCUT2D eigenvalue weighted by atomic mass is 35.5. The number of nitrogens with zero attached hydrogens (tertiary/aromatic N) is 3. The smallest absolute Gasteiger partial charge is 0.326 e. The molecule has 0 aliphatic rings. The largest absolute Gasteiger partial charge is 0.493 e. The zero-order valence-corrected chi connectivity index (χ0v) is 22.3. The molecule has 0 spiro atoms. The van der Waals surface area contributed by atoms with Crippen LogP contribution in [0.4, 0.5) is 22.1 Å². The first-order chi connectivity index (χ1) is 18.3. The van der Waals surface area contributed by atoms with Crippen LogP contribution in [0.25, 0.3) is 0 Å². The lowest BCUT2D eigenvalue weighted by Crippen LogP contribution is -2.38. The van der Waals surface area contributed by atoms with Crippen molar-refractivity contribution in [3.63, 3.8) is 0 Å². The van der Waals surface area contributed by atoms with Gasteiger partial charge in [0.1, 0.15) is 5.75 Å². The first-order valence-corrected chi connectivity index (χ1v) is 12.6. The lowest BCUT2D eigenvalue weighted by Gasteiger charge is -2.13. The predicted octanol–water partition coefficient (Wildman–Crippen LogP) is 6.94. The van der Waals surface area contributed by atoms with Crippen LogP contribution in [0.3, 0.4) is 0 Å². The predicted molar refractivity (Wildman–Crippen MR) is 153 cm³/mol. The molecule has 8 nitrogen and oxygen atoms in total. The van der Waals surface area contributed by atoms with E-state index in [1.54, 1.807) is 18.2 Å². The van der Waals surface area contributed by atoms with Crippen molar-refractivity contribution in [1.82, 2.24) is 15.3 Å². The first kappa shape index (κ1) is 26.9. The first-order valence-electron chi connectivity index (χ1n) is 11.8. The van der Waals surface area contributed by atoms with Crippen LogP contribution in [-0.4, -0.2) is 28.6 Å². The number of carbonyl (C=O) groups is 1. The van der Waals surface area contributed by atoms with Gasteiger partial charge >= 0.3 is 6.03 Å². The van der Waals surface area contributed by atoms with E-state index in [-0.39, 0.29) is 11.9 Å². The number of nitrogens with one attached hydrogen (secondary N) is 3. The van der Waals surface area contributed by atoms with Crippen molar-refractivity contribution in [3.05, 3.63) is 106 Å². The summed E-state index contributed by atoms with van der Waals surface area (Å²) in [4.78, 5) is 25.8. The number of halogens is 2. The molecule has 4 rings (SSSR count). The van der Waals surface area contributed by atoms with Crippen LogP contribution in [0.2, 0.25) is 10.0 Å². The van der Waals surface area contributed by atoms with Crippen molar-refractivity contribution < 1.29 is 9.53 Å². The van der Waals surface area contributed by atoms with E-state index in [2.05, 4.69) is 43.0 Å². The molecule has 10 heteroatoms. The Morgan fingerprint density at radius 3 is 2.21 bits per heavy atom. The van der Waals surface area contributed by atoms with E-state index in [0.717, 1.165) is 23.6 Å². The molecule has 0 fully saturated rings. The molecule has 2 amide bonds. The third kappa shape index (κ3) is 8.19. The van der Waals surface area contributed by atoms with Gasteiger partial charge in [0.15, 0.2) is 0 Å². The van der Waals surface area contributed by atoms with Crippen molar-refractivity contribution in [2.24, 2.45) is 4.99 Å². The number of ether oxygens (including phenoxy) is 1. The number of hydrogen-bond acceptors (Lipinski definition) is 5. The Balaban J connectivity index is 1.45. The molecule has 1 aromatic heterocycles. The summed E-state index contributed by atoms with van der Waals surface area (Å²) in [6.45, 7) is 4.26. The molecule has 194 valence electrons. The Hall–Kier alpha value is -4.14. The van der Waals surface area contributed by atoms with Gasteiger partial charge in [-0.1, -0.05) is 53.5 Å². The molecule has 4 aromatic rings. The van der Waals surface area contributed by atoms with Gasteiger partial charge in [0, 0.05) is 29.2 Å². The molecule has 0 aliphatic carbocycles. The highest BCUT2D eigenvalue weighted by Crippen LogP contribution is 2.25. The number of aryl methyl sites for hydroxylation is 2. The van der Waals surface area contributed by atoms with Crippen LogP contribution in [0.15, 0.2) is 83.9 Å². The van der Waals surface area contributed by atoms with Gasteiger partial charge < -0.3 is 15.4 Å². The second kappa shape index (κ2) is 12.9. The number of aromatic nitrogens is 2. The van der Waals surface area contributed by atoms with E-state index in [4.69, 9.17) is 27.9 Å². The minimum atomic E-state index is -0.542. The van der Waals surface area contributed by atoms with Gasteiger partial charge in [-0.25, -0.2) is 14.8 Å². The summed E-state index contributed by atoms with van der Waals surface area (Å²) < 4.78 is 5.86. The fraction of sp³-hybridized carbons (Fsp3) is 0.143. The Labute approximate surface area is 231 Å². The fourth-order valence-electron chi connectivity index (χ4n) is 3.49. The van der Waals surface area contributed by atoms with Crippen molar-refractivity contribution in [2.45, 2.75) is 20.3 Å². The number of rotatable bonds is 7. The molecule has 0 unspecified atom stereocenters. The van der Waals surface area contributed by atoms with Gasteiger partial charge in [-0.2, -0.15) is 4.99 Å². The number of aliphatic imine (C=N–C) groups is 1. The summed E-state index contributed by atoms with van der Waals surface area (Å²) in [5.41, 5.74) is 3.88. The summed E-state index contributed by atoms with van der Waals surface area (Å²) in [5, 5.41) is 9.23. The number of guanidine groups is 1. The van der Waals surface area contributed by atoms with Gasteiger partial charge in [0.25, 0.3) is 5.95 Å². The van der Waals surface area contributed by atoms with Gasteiger partial charge in [0.05, 0.1) is 16.7 Å². The lowest BCUT2D eigenvalue weighted by atomic mass is 10.2. The molecule has 3 aromatic carbocycles. The van der Waals surface area contributed by atoms with E-state index in [1.165, 1.54) is 5.56 Å². The quantitative estimate of drug-likeness (QED) is 0.171. The standard InChI is InChI=1S/C28H26Cl2N6O2/c1-18-16-19(2)32-26(31-18)35-27(36-28(37)34-22-10-13-24(29)25(30)17-22)33-21-8-11-23(12-9-21)38-15-14-20-6-4-3-5-7-20/h3-13,16-17H,14-15H2,1-2H3,(H3,31,32,33,34,35,36,37). The van der Waals surface area contributed by atoms with Gasteiger partial charge in [0.2, 0.25) is 5.96 Å². The van der Waals surface area contributed by atoms with E-state index >= 15 is 0 Å². The van der Waals surface area contributed by atoms with Gasteiger partial charge in [-0.15, -0.1) is 0 Å². The summed E-state index contributed by atoms with van der Waals surface area (Å²) in [6.07, 6.45) is 0.811. The highest BCUT2D eigenvalue weighted by Gasteiger charge is 2.10. The number of amides is 2. The molecule has 0 bridgehead atoms. The van der Waals surface area contributed by atoms with E-state index in [0.29, 0.717) is 28.0 Å². The van der Waals surface area contributed by atoms with Crippen LogP contribution in [-0.2, 0) is 6.42 Å². The Morgan fingerprint density at radius 2 is 1.53 bits per heavy atom. The SMILES string of the molecule is Cc1cc(C)nc(N=C(NC(=O)Nc2ccc(Cl)c(Cl)c2)Nc2ccc(OCCc3ccccc3)cc2)n1. The maximum atomic E-state index is 12.7. The third-order valence-electron chi connectivity index (χ3n) is 5.21. The zero-order valence-electron chi connectivity index (χ0n) is 20.8. The molecule has 3 N–H and O–H groups in total. The van der Waals surface area contributed by atoms with Crippen molar-refractivity contribution in [3.8, 4) is 5.75 Å². The van der Waals surface area contributed by atoms with Crippen molar-refractivity contribution >= 4 is 52.5 Å². The van der Waals surface area contributed by atoms with E-state index in [9.17, 15) is 4.79 Å². The van der Waals surface area contributed by atoms with Gasteiger partial charge in [-0.05, 0) is 67.9 Å². The maximum Gasteiger partial charge on any atom is 0.326 e. The number of benzene rings is 3. The number of anilines is 2. The van der Waals surface area contributed by atoms with Crippen LogP contribution < -0.4 is 20.7 Å². The molecular formula is C28H26Cl2N6O2. The topological polar surface area (TPSA) is 101 Å². The molecule has 0 aliphatic heterocycles. The number of urea groups is 1. The lowest BCUT2D eigenvalue weighted by molar-refractivity contribution is 0.256. The summed E-state index contributed by atoms with van der Waals surface area (Å²) >= 11 is 12.0. The maximum absolute atomic E-state index is 12.7. The fourth-order valence-corrected chi connectivity index (χ4v) is 3.79. The van der Waals surface area contributed by atoms with Crippen LogP contribution >= 0.6 is 23.2 Å². The minimum Gasteiger partial charge on any atom is -0.493 e. The highest BCUT2D eigenvalue weighted by molar-refractivity contribution is 6.42. The second-order valence-electron chi connectivity index (χ2n) is 8.35. The average Bonchev–Trinajstić information content (AvgIpc) is 2.87. The molecule has 0 radical (unpaired) electrons. The summed E-state index contributed by atoms with van der Waals surface area (Å²) in [6, 6.07) is 23.6. The van der Waals surface area contributed by atoms with E-state index in [1.807, 2.05) is 62.4 Å². The number of carbonyl (C=O) groups excluding carboxylic acids is 1. The summed E-state index contributed by atoms with van der Waals surface area (Å²) in [7, 11) is 0. The molecule has 0 saturated heterocycles. The van der Waals surface area contributed by atoms with Crippen molar-refractivity contribution in [2.75, 3.05) is 17.2 Å². The van der Waals surface area contributed by atoms with Gasteiger partial charge in [-0.3, -0.25) is 5.32 Å². The molecular weight excluding hydrogens is 523 g/mol. The Morgan fingerprint density at radius 1 is 0.842 bits per heavy atom. The second-order valence-corrected chi connectivity index (χ2v) is 9.17. The van der Waals surface area contributed by atoms with Crippen molar-refractivity contribution in [1.29, 1.82) is 0 Å². The normalized spacial score (nSPS) is 11.1. The molecule has 38 heavy (non-hydrogen) atoms. The minimum absolute atomic E-state index is 0.130. The third-order valence-corrected chi connectivity index (χ3v) is 5.95. The number of hydrogen-bond donors (Lipinski definition) is 3. The van der Waals surface area contributed by atoms with Crippen LogP contribution in [0.5, 0.6) is 5.75 Å². The molecule has 0 saturated carbocycles. The summed E-state index contributed by atoms with van der Waals surface area (Å²) in [5.74, 6) is 1.07. The van der Waals surface area contributed by atoms with E-state index < -0.39 is 6.03 Å². The van der Waals surface area contributed by atoms with Crippen LogP contribution in [0.1, 0.15) is 17.0 Å². The molecule has 0 atom stereocenters. The average molecular weight is 549 g/mol. The van der Waals surface area contributed by atoms with Crippen LogP contribution in [0, 0.1) is 13.8 Å². The monoisotopic (exact) mass is 548 g/mol. The Bertz CT molecular complexity index is 1410.